The van der Waals surface area contributed by atoms with E-state index in [1.807, 2.05) is 12.1 Å². The first-order valence-corrected chi connectivity index (χ1v) is 7.73. The molecule has 1 aliphatic rings. The first kappa shape index (κ1) is 15.8. The average molecular weight is 291 g/mol. The van der Waals surface area contributed by atoms with Crippen LogP contribution in [0.15, 0.2) is 18.2 Å². The first-order valence-electron chi connectivity index (χ1n) is 7.73. The number of nitro groups is 1. The summed E-state index contributed by atoms with van der Waals surface area (Å²) in [6, 6.07) is 6.39. The molecule has 0 bridgehead atoms. The van der Waals surface area contributed by atoms with E-state index in [2.05, 4.69) is 24.1 Å². The second kappa shape index (κ2) is 6.89. The number of nitrogens with one attached hydrogen (secondary N) is 1. The molecule has 2 rings (SSSR count). The predicted octanol–water partition coefficient (Wildman–Crippen LogP) is 3.58. The number of likely N-dealkylation sites (tertiary alicyclic amines) is 1. The van der Waals surface area contributed by atoms with Crippen LogP contribution in [-0.2, 0) is 0 Å². The molecule has 1 saturated heterocycles. The summed E-state index contributed by atoms with van der Waals surface area (Å²) >= 11 is 0. The fourth-order valence-corrected chi connectivity index (χ4v) is 2.91. The van der Waals surface area contributed by atoms with Gasteiger partial charge in [-0.25, -0.2) is 0 Å². The number of nitro benzene ring substituents is 1. The normalized spacial score (nSPS) is 20.3. The van der Waals surface area contributed by atoms with Crippen LogP contribution in [-0.4, -0.2) is 35.0 Å². The molecule has 5 heteroatoms. The van der Waals surface area contributed by atoms with Crippen LogP contribution in [0.2, 0.25) is 0 Å². The first-order chi connectivity index (χ1) is 9.97. The van der Waals surface area contributed by atoms with E-state index in [1.165, 1.54) is 6.42 Å². The van der Waals surface area contributed by atoms with Crippen molar-refractivity contribution in [2.24, 2.45) is 0 Å². The molecule has 1 N–H and O–H groups in total. The molecule has 1 aromatic carbocycles. The minimum absolute atomic E-state index is 0.192. The van der Waals surface area contributed by atoms with Crippen molar-refractivity contribution in [3.8, 4) is 0 Å². The zero-order valence-corrected chi connectivity index (χ0v) is 13.1. The quantitative estimate of drug-likeness (QED) is 0.680. The van der Waals surface area contributed by atoms with Crippen LogP contribution >= 0.6 is 0 Å². The van der Waals surface area contributed by atoms with Crippen LogP contribution in [0.4, 0.5) is 11.4 Å². The van der Waals surface area contributed by atoms with Crippen LogP contribution in [0.5, 0.6) is 0 Å². The van der Waals surface area contributed by atoms with Gasteiger partial charge in [-0.2, -0.15) is 0 Å². The predicted molar refractivity (Wildman–Crippen MR) is 85.8 cm³/mol. The minimum atomic E-state index is -0.311. The third-order valence-corrected chi connectivity index (χ3v) is 4.27. The standard InChI is InChI=1S/C16H25N3O2/c1-12(2)18-9-4-5-14(8-10-18)17-15-7-6-13(3)16(11-15)19(20)21/h6-7,11-12,14,17H,4-5,8-10H2,1-3H3. The highest BCUT2D eigenvalue weighted by atomic mass is 16.6. The Labute approximate surface area is 126 Å². The molecule has 1 fully saturated rings. The maximum Gasteiger partial charge on any atom is 0.274 e. The highest BCUT2D eigenvalue weighted by Gasteiger charge is 2.19. The second-order valence-corrected chi connectivity index (χ2v) is 6.16. The van der Waals surface area contributed by atoms with Crippen molar-refractivity contribution in [2.45, 2.75) is 52.1 Å². The van der Waals surface area contributed by atoms with Gasteiger partial charge in [-0.1, -0.05) is 6.07 Å². The molecule has 21 heavy (non-hydrogen) atoms. The molecule has 1 aromatic rings. The van der Waals surface area contributed by atoms with Gasteiger partial charge in [-0.05, 0) is 52.6 Å². The number of hydrogen-bond donors (Lipinski definition) is 1. The van der Waals surface area contributed by atoms with Crippen LogP contribution in [0, 0.1) is 17.0 Å². The van der Waals surface area contributed by atoms with E-state index in [0.717, 1.165) is 31.6 Å². The lowest BCUT2D eigenvalue weighted by atomic mass is 10.1. The zero-order chi connectivity index (χ0) is 15.4. The Morgan fingerprint density at radius 3 is 2.76 bits per heavy atom. The molecule has 1 unspecified atom stereocenters. The summed E-state index contributed by atoms with van der Waals surface area (Å²) in [4.78, 5) is 13.2. The van der Waals surface area contributed by atoms with Crippen molar-refractivity contribution < 1.29 is 4.92 Å². The number of rotatable bonds is 4. The highest BCUT2D eigenvalue weighted by molar-refractivity contribution is 5.55. The van der Waals surface area contributed by atoms with Gasteiger partial charge in [0.25, 0.3) is 5.69 Å². The molecular formula is C16H25N3O2. The molecule has 1 heterocycles. The molecule has 1 aliphatic heterocycles. The molecule has 0 radical (unpaired) electrons. The molecule has 0 saturated carbocycles. The number of benzene rings is 1. The smallest absolute Gasteiger partial charge is 0.274 e. The van der Waals surface area contributed by atoms with Crippen LogP contribution < -0.4 is 5.32 Å². The van der Waals surface area contributed by atoms with Crippen LogP contribution in [0.1, 0.15) is 38.7 Å². The third-order valence-electron chi connectivity index (χ3n) is 4.27. The number of nitrogens with zero attached hydrogens (tertiary/aromatic N) is 2. The summed E-state index contributed by atoms with van der Waals surface area (Å²) in [7, 11) is 0. The lowest BCUT2D eigenvalue weighted by Gasteiger charge is -2.24. The Morgan fingerprint density at radius 2 is 2.10 bits per heavy atom. The summed E-state index contributed by atoms with van der Waals surface area (Å²) < 4.78 is 0. The van der Waals surface area contributed by atoms with E-state index < -0.39 is 0 Å². The zero-order valence-electron chi connectivity index (χ0n) is 13.1. The maximum absolute atomic E-state index is 11.0. The molecule has 0 aliphatic carbocycles. The Bertz CT molecular complexity index is 502. The Morgan fingerprint density at radius 1 is 1.33 bits per heavy atom. The highest BCUT2D eigenvalue weighted by Crippen LogP contribution is 2.24. The van der Waals surface area contributed by atoms with E-state index >= 15 is 0 Å². The van der Waals surface area contributed by atoms with Gasteiger partial charge in [0.15, 0.2) is 0 Å². The van der Waals surface area contributed by atoms with E-state index in [4.69, 9.17) is 0 Å². The molecule has 1 atom stereocenters. The number of aryl methyl sites for hydroxylation is 1. The van der Waals surface area contributed by atoms with Gasteiger partial charge in [0, 0.05) is 35.9 Å². The van der Waals surface area contributed by atoms with Crippen molar-refractivity contribution >= 4 is 11.4 Å². The SMILES string of the molecule is Cc1ccc(NC2CCCN(C(C)C)CC2)cc1[N+](=O)[O-]. The van der Waals surface area contributed by atoms with Crippen molar-refractivity contribution in [3.05, 3.63) is 33.9 Å². The molecule has 0 amide bonds. The van der Waals surface area contributed by atoms with E-state index in [9.17, 15) is 10.1 Å². The van der Waals surface area contributed by atoms with Crippen molar-refractivity contribution in [3.63, 3.8) is 0 Å². The van der Waals surface area contributed by atoms with Crippen molar-refractivity contribution in [1.29, 1.82) is 0 Å². The lowest BCUT2D eigenvalue weighted by Crippen LogP contribution is -2.32. The lowest BCUT2D eigenvalue weighted by molar-refractivity contribution is -0.385. The largest absolute Gasteiger partial charge is 0.382 e. The summed E-state index contributed by atoms with van der Waals surface area (Å²) in [6.07, 6.45) is 3.37. The monoisotopic (exact) mass is 291 g/mol. The van der Waals surface area contributed by atoms with E-state index in [-0.39, 0.29) is 10.6 Å². The van der Waals surface area contributed by atoms with E-state index in [1.54, 1.807) is 13.0 Å². The Balaban J connectivity index is 2.01. The van der Waals surface area contributed by atoms with Gasteiger partial charge in [0.1, 0.15) is 0 Å². The van der Waals surface area contributed by atoms with Gasteiger partial charge < -0.3 is 10.2 Å². The maximum atomic E-state index is 11.0. The summed E-state index contributed by atoms with van der Waals surface area (Å²) in [5.74, 6) is 0. The van der Waals surface area contributed by atoms with Crippen LogP contribution in [0.3, 0.4) is 0 Å². The molecule has 5 nitrogen and oxygen atoms in total. The van der Waals surface area contributed by atoms with Gasteiger partial charge in [-0.3, -0.25) is 10.1 Å². The van der Waals surface area contributed by atoms with Crippen molar-refractivity contribution in [2.75, 3.05) is 18.4 Å². The number of hydrogen-bond acceptors (Lipinski definition) is 4. The minimum Gasteiger partial charge on any atom is -0.382 e. The van der Waals surface area contributed by atoms with Gasteiger partial charge in [0.2, 0.25) is 0 Å². The number of anilines is 1. The van der Waals surface area contributed by atoms with Gasteiger partial charge in [-0.15, -0.1) is 0 Å². The Kier molecular flexibility index (Phi) is 5.17. The van der Waals surface area contributed by atoms with Gasteiger partial charge >= 0.3 is 0 Å². The summed E-state index contributed by atoms with van der Waals surface area (Å²) in [5, 5.41) is 14.5. The topological polar surface area (TPSA) is 58.4 Å². The molecule has 116 valence electrons. The fraction of sp³-hybridized carbons (Fsp3) is 0.625. The Hall–Kier alpha value is -1.62. The van der Waals surface area contributed by atoms with Gasteiger partial charge in [0.05, 0.1) is 4.92 Å². The third kappa shape index (κ3) is 4.17. The molecule has 0 spiro atoms. The van der Waals surface area contributed by atoms with E-state index in [0.29, 0.717) is 17.6 Å². The van der Waals surface area contributed by atoms with Crippen molar-refractivity contribution in [1.82, 2.24) is 4.90 Å². The fourth-order valence-electron chi connectivity index (χ4n) is 2.91. The molecular weight excluding hydrogens is 266 g/mol. The second-order valence-electron chi connectivity index (χ2n) is 6.16. The summed E-state index contributed by atoms with van der Waals surface area (Å²) in [5.41, 5.74) is 1.75. The van der Waals surface area contributed by atoms with Crippen LogP contribution in [0.25, 0.3) is 0 Å². The average Bonchev–Trinajstić information content (AvgIpc) is 2.66. The summed E-state index contributed by atoms with van der Waals surface area (Å²) in [6.45, 7) is 8.47. The molecule has 0 aromatic heterocycles.